The average Bonchev–Trinajstić information content (AvgIpc) is 3.01. The molecule has 26 heavy (non-hydrogen) atoms. The van der Waals surface area contributed by atoms with Crippen LogP contribution in [-0.2, 0) is 10.0 Å². The van der Waals surface area contributed by atoms with Crippen LogP contribution in [0.2, 0.25) is 0 Å². The predicted octanol–water partition coefficient (Wildman–Crippen LogP) is 3.66. The van der Waals surface area contributed by atoms with E-state index >= 15 is 0 Å². The Morgan fingerprint density at radius 2 is 1.85 bits per heavy atom. The summed E-state index contributed by atoms with van der Waals surface area (Å²) in [6.45, 7) is 1.74. The Bertz CT molecular complexity index is 1050. The van der Waals surface area contributed by atoms with Crippen LogP contribution in [0.1, 0.15) is 15.4 Å². The molecule has 0 bridgehead atoms. The first kappa shape index (κ1) is 18.5. The summed E-state index contributed by atoms with van der Waals surface area (Å²) in [4.78, 5) is 20.6. The fraction of sp³-hybridized carbons (Fsp3) is 0.0625. The van der Waals surface area contributed by atoms with Crippen molar-refractivity contribution in [2.75, 3.05) is 10.0 Å². The molecule has 0 saturated carbocycles. The Hall–Kier alpha value is -2.30. The van der Waals surface area contributed by atoms with E-state index in [9.17, 15) is 13.2 Å². The van der Waals surface area contributed by atoms with Crippen molar-refractivity contribution in [1.29, 1.82) is 0 Å². The summed E-state index contributed by atoms with van der Waals surface area (Å²) in [5, 5.41) is 2.72. The first-order chi connectivity index (χ1) is 12.3. The third-order valence-corrected chi connectivity index (χ3v) is 6.21. The SMILES string of the molecule is Cc1ccnc(NS(=O)(=O)c2ccc(NC(=O)c3ccc(Br)s3)cc2)n1. The number of sulfonamides is 1. The van der Waals surface area contributed by atoms with Crippen LogP contribution in [0.4, 0.5) is 11.6 Å². The number of nitrogens with zero attached hydrogens (tertiary/aromatic N) is 2. The molecule has 0 aliphatic heterocycles. The molecule has 2 heterocycles. The molecule has 0 saturated heterocycles. The molecule has 0 fully saturated rings. The molecule has 3 aromatic rings. The van der Waals surface area contributed by atoms with Gasteiger partial charge in [-0.05, 0) is 65.3 Å². The van der Waals surface area contributed by atoms with Crippen LogP contribution < -0.4 is 10.0 Å². The molecule has 3 rings (SSSR count). The number of thiophene rings is 1. The lowest BCUT2D eigenvalue weighted by Crippen LogP contribution is -2.15. The Kier molecular flexibility index (Phi) is 5.35. The largest absolute Gasteiger partial charge is 0.321 e. The van der Waals surface area contributed by atoms with Crippen LogP contribution in [0, 0.1) is 6.92 Å². The number of carbonyl (C=O) groups is 1. The quantitative estimate of drug-likeness (QED) is 0.614. The summed E-state index contributed by atoms with van der Waals surface area (Å²) in [5.41, 5.74) is 1.14. The zero-order chi connectivity index (χ0) is 18.7. The highest BCUT2D eigenvalue weighted by Gasteiger charge is 2.16. The molecule has 1 amide bonds. The number of benzene rings is 1. The van der Waals surface area contributed by atoms with Crippen LogP contribution in [0.15, 0.2) is 57.3 Å². The highest BCUT2D eigenvalue weighted by atomic mass is 79.9. The van der Waals surface area contributed by atoms with Crippen molar-refractivity contribution in [3.05, 3.63) is 63.0 Å². The molecule has 2 N–H and O–H groups in total. The molecule has 1 aromatic carbocycles. The van der Waals surface area contributed by atoms with E-state index in [4.69, 9.17) is 0 Å². The molecule has 0 spiro atoms. The summed E-state index contributed by atoms with van der Waals surface area (Å²) in [5.74, 6) is -0.256. The number of rotatable bonds is 5. The van der Waals surface area contributed by atoms with E-state index in [1.165, 1.54) is 41.8 Å². The van der Waals surface area contributed by atoms with Gasteiger partial charge in [0.05, 0.1) is 13.6 Å². The van der Waals surface area contributed by atoms with Crippen LogP contribution >= 0.6 is 27.3 Å². The summed E-state index contributed by atoms with van der Waals surface area (Å²) in [6.07, 6.45) is 1.47. The number of hydrogen-bond acceptors (Lipinski definition) is 6. The topological polar surface area (TPSA) is 101 Å². The fourth-order valence-corrected chi connectivity index (χ4v) is 4.26. The van der Waals surface area contributed by atoms with Crippen LogP contribution in [-0.4, -0.2) is 24.3 Å². The summed E-state index contributed by atoms with van der Waals surface area (Å²) >= 11 is 4.61. The van der Waals surface area contributed by atoms with Gasteiger partial charge in [-0.25, -0.2) is 23.1 Å². The minimum absolute atomic E-state index is 0.00523. The third-order valence-electron chi connectivity index (χ3n) is 3.24. The standard InChI is InChI=1S/C16H13BrN4O3S2/c1-10-8-9-18-16(19-10)21-26(23,24)12-4-2-11(3-5-12)20-15(22)13-6-7-14(17)25-13/h2-9H,1H3,(H,20,22)(H,18,19,21). The molecule has 7 nitrogen and oxygen atoms in total. The van der Waals surface area contributed by atoms with Crippen molar-refractivity contribution < 1.29 is 13.2 Å². The van der Waals surface area contributed by atoms with E-state index in [0.29, 0.717) is 16.3 Å². The van der Waals surface area contributed by atoms with Gasteiger partial charge in [0.2, 0.25) is 5.95 Å². The molecular formula is C16H13BrN4O3S2. The lowest BCUT2D eigenvalue weighted by Gasteiger charge is -2.08. The van der Waals surface area contributed by atoms with E-state index in [-0.39, 0.29) is 16.8 Å². The van der Waals surface area contributed by atoms with Crippen LogP contribution in [0.5, 0.6) is 0 Å². The number of aromatic nitrogens is 2. The minimum atomic E-state index is -3.82. The zero-order valence-electron chi connectivity index (χ0n) is 13.4. The first-order valence-electron chi connectivity index (χ1n) is 7.33. The van der Waals surface area contributed by atoms with E-state index < -0.39 is 10.0 Å². The van der Waals surface area contributed by atoms with Crippen molar-refractivity contribution in [2.24, 2.45) is 0 Å². The zero-order valence-corrected chi connectivity index (χ0v) is 16.7. The van der Waals surface area contributed by atoms with Crippen molar-refractivity contribution in [3.63, 3.8) is 0 Å². The van der Waals surface area contributed by atoms with Gasteiger partial charge in [-0.1, -0.05) is 0 Å². The smallest absolute Gasteiger partial charge is 0.265 e. The Morgan fingerprint density at radius 3 is 2.46 bits per heavy atom. The molecule has 0 radical (unpaired) electrons. The van der Waals surface area contributed by atoms with Crippen LogP contribution in [0.25, 0.3) is 0 Å². The molecule has 0 unspecified atom stereocenters. The second kappa shape index (κ2) is 7.52. The van der Waals surface area contributed by atoms with Gasteiger partial charge in [0.1, 0.15) is 0 Å². The molecule has 134 valence electrons. The minimum Gasteiger partial charge on any atom is -0.321 e. The van der Waals surface area contributed by atoms with Crippen molar-refractivity contribution in [1.82, 2.24) is 9.97 Å². The highest BCUT2D eigenvalue weighted by Crippen LogP contribution is 2.23. The molecular weight excluding hydrogens is 440 g/mol. The maximum absolute atomic E-state index is 12.4. The van der Waals surface area contributed by atoms with Gasteiger partial charge in [-0.15, -0.1) is 11.3 Å². The van der Waals surface area contributed by atoms with E-state index in [1.54, 1.807) is 25.1 Å². The summed E-state index contributed by atoms with van der Waals surface area (Å²) in [6, 6.07) is 11.0. The fourth-order valence-electron chi connectivity index (χ4n) is 2.02. The second-order valence-electron chi connectivity index (χ2n) is 5.21. The Labute approximate surface area is 162 Å². The number of amides is 1. The average molecular weight is 453 g/mol. The molecule has 10 heteroatoms. The Morgan fingerprint density at radius 1 is 1.12 bits per heavy atom. The summed E-state index contributed by atoms with van der Waals surface area (Å²) in [7, 11) is -3.82. The van der Waals surface area contributed by atoms with Gasteiger partial charge >= 0.3 is 0 Å². The van der Waals surface area contributed by atoms with Crippen molar-refractivity contribution >= 4 is 54.8 Å². The lowest BCUT2D eigenvalue weighted by molar-refractivity contribution is 0.103. The monoisotopic (exact) mass is 452 g/mol. The van der Waals surface area contributed by atoms with Gasteiger partial charge in [0, 0.05) is 17.6 Å². The number of halogens is 1. The lowest BCUT2D eigenvalue weighted by atomic mass is 10.3. The van der Waals surface area contributed by atoms with Crippen molar-refractivity contribution in [3.8, 4) is 0 Å². The number of anilines is 2. The predicted molar refractivity (Wildman–Crippen MR) is 104 cm³/mol. The first-order valence-corrected chi connectivity index (χ1v) is 10.4. The third kappa shape index (κ3) is 4.45. The van der Waals surface area contributed by atoms with Crippen LogP contribution in [0.3, 0.4) is 0 Å². The second-order valence-corrected chi connectivity index (χ2v) is 9.35. The van der Waals surface area contributed by atoms with Gasteiger partial charge in [0.25, 0.3) is 15.9 Å². The van der Waals surface area contributed by atoms with Crippen molar-refractivity contribution in [2.45, 2.75) is 11.8 Å². The summed E-state index contributed by atoms with van der Waals surface area (Å²) < 4.78 is 28.0. The molecule has 0 atom stereocenters. The van der Waals surface area contributed by atoms with E-state index in [1.807, 2.05) is 0 Å². The van der Waals surface area contributed by atoms with Gasteiger partial charge in [0.15, 0.2) is 0 Å². The molecule has 0 aliphatic rings. The van der Waals surface area contributed by atoms with Gasteiger partial charge < -0.3 is 5.32 Å². The highest BCUT2D eigenvalue weighted by molar-refractivity contribution is 9.11. The molecule has 2 aromatic heterocycles. The van der Waals surface area contributed by atoms with E-state index in [0.717, 1.165) is 3.79 Å². The number of aryl methyl sites for hydroxylation is 1. The number of nitrogens with one attached hydrogen (secondary N) is 2. The Balaban J connectivity index is 1.73. The van der Waals surface area contributed by atoms with Gasteiger partial charge in [-0.2, -0.15) is 0 Å². The normalized spacial score (nSPS) is 11.2. The maximum atomic E-state index is 12.4. The van der Waals surface area contributed by atoms with E-state index in [2.05, 4.69) is 35.9 Å². The molecule has 0 aliphatic carbocycles. The van der Waals surface area contributed by atoms with Gasteiger partial charge in [-0.3, -0.25) is 4.79 Å². The number of carbonyl (C=O) groups excluding carboxylic acids is 1. The number of hydrogen-bond donors (Lipinski definition) is 2. The maximum Gasteiger partial charge on any atom is 0.265 e.